The molecular weight excluding hydrogens is 314 g/mol. The molecule has 2 aromatic carbocycles. The Bertz CT molecular complexity index is 515. The van der Waals surface area contributed by atoms with Gasteiger partial charge in [0.1, 0.15) is 0 Å². The quantitative estimate of drug-likeness (QED) is 0.801. The van der Waals surface area contributed by atoms with Crippen LogP contribution in [0.2, 0.25) is 0 Å². The summed E-state index contributed by atoms with van der Waals surface area (Å²) in [5, 5.41) is 12.6. The lowest BCUT2D eigenvalue weighted by atomic mass is 10.0. The number of rotatable bonds is 7. The molecule has 0 aliphatic carbocycles. The second kappa shape index (κ2) is 8.20. The van der Waals surface area contributed by atoms with Gasteiger partial charge < -0.3 is 10.4 Å². The zero-order valence-electron chi connectivity index (χ0n) is 11.4. The van der Waals surface area contributed by atoms with Crippen molar-refractivity contribution in [2.24, 2.45) is 0 Å². The maximum atomic E-state index is 9.05. The van der Waals surface area contributed by atoms with E-state index in [1.54, 1.807) is 0 Å². The van der Waals surface area contributed by atoms with Crippen molar-refractivity contribution in [1.29, 1.82) is 0 Å². The molecule has 2 rings (SSSR count). The van der Waals surface area contributed by atoms with Gasteiger partial charge in [0.15, 0.2) is 0 Å². The maximum absolute atomic E-state index is 9.05. The van der Waals surface area contributed by atoms with E-state index < -0.39 is 0 Å². The first-order valence-electron chi connectivity index (χ1n) is 6.93. The highest BCUT2D eigenvalue weighted by atomic mass is 79.9. The Balaban J connectivity index is 2.01. The summed E-state index contributed by atoms with van der Waals surface area (Å²) in [6, 6.07) is 19.0. The number of halogens is 1. The monoisotopic (exact) mass is 333 g/mol. The van der Waals surface area contributed by atoms with Gasteiger partial charge in [0, 0.05) is 23.7 Å². The third-order valence-corrected chi connectivity index (χ3v) is 3.79. The predicted molar refractivity (Wildman–Crippen MR) is 86.5 cm³/mol. The molecule has 1 unspecified atom stereocenters. The van der Waals surface area contributed by atoms with Crippen molar-refractivity contribution in [3.63, 3.8) is 0 Å². The topological polar surface area (TPSA) is 32.3 Å². The highest BCUT2D eigenvalue weighted by Gasteiger charge is 2.10. The smallest absolute Gasteiger partial charge is 0.0431 e. The molecule has 20 heavy (non-hydrogen) atoms. The summed E-state index contributed by atoms with van der Waals surface area (Å²) in [5.74, 6) is 0. The average Bonchev–Trinajstić information content (AvgIpc) is 2.48. The van der Waals surface area contributed by atoms with E-state index in [1.165, 1.54) is 11.1 Å². The van der Waals surface area contributed by atoms with Gasteiger partial charge in [-0.2, -0.15) is 0 Å². The van der Waals surface area contributed by atoms with Crippen molar-refractivity contribution in [1.82, 2.24) is 5.32 Å². The minimum absolute atomic E-state index is 0.238. The van der Waals surface area contributed by atoms with Crippen LogP contribution >= 0.6 is 15.9 Å². The predicted octanol–water partition coefficient (Wildman–Crippen LogP) is 4.05. The van der Waals surface area contributed by atoms with Gasteiger partial charge in [0.05, 0.1) is 0 Å². The summed E-state index contributed by atoms with van der Waals surface area (Å²) >= 11 is 3.50. The summed E-state index contributed by atoms with van der Waals surface area (Å²) in [6.07, 6.45) is 1.75. The van der Waals surface area contributed by atoms with Crippen LogP contribution in [-0.2, 0) is 6.54 Å². The molecule has 0 amide bonds. The van der Waals surface area contributed by atoms with Gasteiger partial charge in [0.25, 0.3) is 0 Å². The van der Waals surface area contributed by atoms with Crippen molar-refractivity contribution in [3.8, 4) is 0 Å². The van der Waals surface area contributed by atoms with E-state index in [2.05, 4.69) is 57.6 Å². The third-order valence-electron chi connectivity index (χ3n) is 3.29. The number of aliphatic hydroxyl groups excluding tert-OH is 1. The van der Waals surface area contributed by atoms with E-state index in [1.807, 2.05) is 18.2 Å². The average molecular weight is 334 g/mol. The Morgan fingerprint density at radius 3 is 2.55 bits per heavy atom. The fourth-order valence-electron chi connectivity index (χ4n) is 2.26. The lowest BCUT2D eigenvalue weighted by molar-refractivity contribution is 0.275. The van der Waals surface area contributed by atoms with Crippen molar-refractivity contribution in [2.45, 2.75) is 25.4 Å². The highest BCUT2D eigenvalue weighted by molar-refractivity contribution is 9.10. The number of benzene rings is 2. The molecule has 3 heteroatoms. The van der Waals surface area contributed by atoms with Gasteiger partial charge in [0.2, 0.25) is 0 Å². The minimum Gasteiger partial charge on any atom is -0.396 e. The zero-order chi connectivity index (χ0) is 14.2. The van der Waals surface area contributed by atoms with Crippen LogP contribution in [0.25, 0.3) is 0 Å². The Morgan fingerprint density at radius 2 is 1.85 bits per heavy atom. The molecule has 0 bridgehead atoms. The Kier molecular flexibility index (Phi) is 6.25. The SMILES string of the molecule is OCCCC(NCc1cccc(Br)c1)c1ccccc1. The molecule has 1 atom stereocenters. The second-order valence-corrected chi connectivity index (χ2v) is 5.76. The molecule has 0 saturated heterocycles. The van der Waals surface area contributed by atoms with Crippen LogP contribution in [-0.4, -0.2) is 11.7 Å². The molecule has 0 aliphatic rings. The molecule has 0 radical (unpaired) electrons. The van der Waals surface area contributed by atoms with E-state index in [-0.39, 0.29) is 12.6 Å². The van der Waals surface area contributed by atoms with E-state index in [0.29, 0.717) is 0 Å². The van der Waals surface area contributed by atoms with Crippen LogP contribution in [0, 0.1) is 0 Å². The first-order chi connectivity index (χ1) is 9.79. The molecule has 0 heterocycles. The summed E-state index contributed by atoms with van der Waals surface area (Å²) in [7, 11) is 0. The second-order valence-electron chi connectivity index (χ2n) is 4.84. The van der Waals surface area contributed by atoms with Crippen LogP contribution in [0.15, 0.2) is 59.1 Å². The molecular formula is C17H20BrNO. The van der Waals surface area contributed by atoms with Gasteiger partial charge in [-0.15, -0.1) is 0 Å². The Hall–Kier alpha value is -1.16. The van der Waals surface area contributed by atoms with Gasteiger partial charge in [-0.1, -0.05) is 58.4 Å². The molecule has 0 aromatic heterocycles. The fraction of sp³-hybridized carbons (Fsp3) is 0.294. The van der Waals surface area contributed by atoms with Crippen molar-refractivity contribution in [3.05, 3.63) is 70.2 Å². The molecule has 0 aliphatic heterocycles. The van der Waals surface area contributed by atoms with Crippen molar-refractivity contribution < 1.29 is 5.11 Å². The van der Waals surface area contributed by atoms with Crippen LogP contribution in [0.5, 0.6) is 0 Å². The number of hydrogen-bond acceptors (Lipinski definition) is 2. The van der Waals surface area contributed by atoms with E-state index >= 15 is 0 Å². The maximum Gasteiger partial charge on any atom is 0.0431 e. The normalized spacial score (nSPS) is 12.3. The number of aliphatic hydroxyl groups is 1. The largest absolute Gasteiger partial charge is 0.396 e. The van der Waals surface area contributed by atoms with E-state index in [4.69, 9.17) is 5.11 Å². The summed E-state index contributed by atoms with van der Waals surface area (Å²) in [5.41, 5.74) is 2.53. The van der Waals surface area contributed by atoms with Gasteiger partial charge in [-0.25, -0.2) is 0 Å². The third kappa shape index (κ3) is 4.75. The van der Waals surface area contributed by atoms with Crippen molar-refractivity contribution >= 4 is 15.9 Å². The summed E-state index contributed by atoms with van der Waals surface area (Å²) in [6.45, 7) is 1.06. The van der Waals surface area contributed by atoms with Crippen LogP contribution < -0.4 is 5.32 Å². The van der Waals surface area contributed by atoms with E-state index in [0.717, 1.165) is 23.9 Å². The minimum atomic E-state index is 0.238. The van der Waals surface area contributed by atoms with Gasteiger partial charge in [-0.05, 0) is 36.1 Å². The standard InChI is InChI=1S/C17H20BrNO/c18-16-9-4-6-14(12-16)13-19-17(10-5-11-20)15-7-2-1-3-8-15/h1-4,6-9,12,17,19-20H,5,10-11,13H2. The number of nitrogens with one attached hydrogen (secondary N) is 1. The highest BCUT2D eigenvalue weighted by Crippen LogP contribution is 2.19. The molecule has 2 nitrogen and oxygen atoms in total. The first-order valence-corrected chi connectivity index (χ1v) is 7.72. The Morgan fingerprint density at radius 1 is 1.05 bits per heavy atom. The first kappa shape index (κ1) is 15.2. The van der Waals surface area contributed by atoms with Crippen molar-refractivity contribution in [2.75, 3.05) is 6.61 Å². The fourth-order valence-corrected chi connectivity index (χ4v) is 2.70. The van der Waals surface area contributed by atoms with Crippen LogP contribution in [0.4, 0.5) is 0 Å². The van der Waals surface area contributed by atoms with E-state index in [9.17, 15) is 0 Å². The molecule has 2 aromatic rings. The lowest BCUT2D eigenvalue weighted by Gasteiger charge is -2.19. The van der Waals surface area contributed by atoms with Gasteiger partial charge in [-0.3, -0.25) is 0 Å². The molecule has 2 N–H and O–H groups in total. The molecule has 0 spiro atoms. The summed E-state index contributed by atoms with van der Waals surface area (Å²) < 4.78 is 1.10. The molecule has 0 fully saturated rings. The van der Waals surface area contributed by atoms with Gasteiger partial charge >= 0.3 is 0 Å². The lowest BCUT2D eigenvalue weighted by Crippen LogP contribution is -2.21. The van der Waals surface area contributed by atoms with Crippen LogP contribution in [0.3, 0.4) is 0 Å². The molecule has 0 saturated carbocycles. The number of hydrogen-bond donors (Lipinski definition) is 2. The zero-order valence-corrected chi connectivity index (χ0v) is 13.0. The van der Waals surface area contributed by atoms with Crippen LogP contribution in [0.1, 0.15) is 30.0 Å². The Labute approximate surface area is 129 Å². The summed E-state index contributed by atoms with van der Waals surface area (Å²) in [4.78, 5) is 0. The molecule has 106 valence electrons.